The Hall–Kier alpha value is -1.60. The van der Waals surface area contributed by atoms with E-state index in [1.807, 2.05) is 6.92 Å². The van der Waals surface area contributed by atoms with Crippen LogP contribution < -0.4 is 0 Å². The van der Waals surface area contributed by atoms with E-state index in [0.29, 0.717) is 13.0 Å². The molecule has 20 heavy (non-hydrogen) atoms. The van der Waals surface area contributed by atoms with Crippen LogP contribution in [0.1, 0.15) is 18.4 Å². The fourth-order valence-corrected chi connectivity index (χ4v) is 3.14. The molecular formula is C13H17NO5S. The smallest absolute Gasteiger partial charge is 0.407 e. The summed E-state index contributed by atoms with van der Waals surface area (Å²) in [6.07, 6.45) is 0.310. The molecule has 1 aromatic carbocycles. The Labute approximate surface area is 118 Å². The van der Waals surface area contributed by atoms with Crippen molar-refractivity contribution in [3.63, 3.8) is 0 Å². The van der Waals surface area contributed by atoms with Gasteiger partial charge in [-0.3, -0.25) is 4.18 Å². The molecule has 1 saturated heterocycles. The molecule has 0 saturated carbocycles. The zero-order valence-electron chi connectivity index (χ0n) is 11.2. The first-order chi connectivity index (χ1) is 9.40. The van der Waals surface area contributed by atoms with E-state index in [4.69, 9.17) is 9.29 Å². The minimum Gasteiger partial charge on any atom is -0.465 e. The molecule has 0 spiro atoms. The summed E-state index contributed by atoms with van der Waals surface area (Å²) < 4.78 is 29.0. The number of rotatable bonds is 4. The summed E-state index contributed by atoms with van der Waals surface area (Å²) in [5, 5.41) is 8.98. The minimum atomic E-state index is -3.83. The van der Waals surface area contributed by atoms with Gasteiger partial charge in [-0.05, 0) is 31.9 Å². The average molecular weight is 299 g/mol. The molecule has 2 rings (SSSR count). The zero-order valence-corrected chi connectivity index (χ0v) is 12.0. The van der Waals surface area contributed by atoms with Crippen molar-refractivity contribution in [1.82, 2.24) is 4.90 Å². The van der Waals surface area contributed by atoms with Gasteiger partial charge in [-0.1, -0.05) is 17.7 Å². The number of benzene rings is 1. The highest BCUT2D eigenvalue weighted by Gasteiger charge is 2.30. The second-order valence-electron chi connectivity index (χ2n) is 4.82. The number of likely N-dealkylation sites (tertiary alicyclic amines) is 1. The molecule has 0 bridgehead atoms. The number of carbonyl (C=O) groups is 1. The van der Waals surface area contributed by atoms with Crippen LogP contribution in [0.3, 0.4) is 0 Å². The van der Waals surface area contributed by atoms with Gasteiger partial charge in [0.05, 0.1) is 17.5 Å². The van der Waals surface area contributed by atoms with Crippen molar-refractivity contribution >= 4 is 16.2 Å². The van der Waals surface area contributed by atoms with Gasteiger partial charge in [0.15, 0.2) is 0 Å². The summed E-state index contributed by atoms with van der Waals surface area (Å²) in [4.78, 5) is 12.3. The molecule has 0 aromatic heterocycles. The normalized spacial score (nSPS) is 19.2. The number of aryl methyl sites for hydroxylation is 1. The van der Waals surface area contributed by atoms with Crippen LogP contribution in [0, 0.1) is 6.92 Å². The minimum absolute atomic E-state index is 0.0861. The third kappa shape index (κ3) is 3.29. The molecule has 1 aliphatic heterocycles. The van der Waals surface area contributed by atoms with Crippen LogP contribution in [0.25, 0.3) is 0 Å². The lowest BCUT2D eigenvalue weighted by molar-refractivity contribution is 0.124. The molecule has 7 heteroatoms. The molecule has 6 nitrogen and oxygen atoms in total. The van der Waals surface area contributed by atoms with Crippen LogP contribution in [0.2, 0.25) is 0 Å². The average Bonchev–Trinajstić information content (AvgIpc) is 2.85. The van der Waals surface area contributed by atoms with E-state index in [-0.39, 0.29) is 11.5 Å². The van der Waals surface area contributed by atoms with Gasteiger partial charge in [0, 0.05) is 6.54 Å². The molecule has 0 aliphatic carbocycles. The molecular weight excluding hydrogens is 282 g/mol. The summed E-state index contributed by atoms with van der Waals surface area (Å²) in [5.41, 5.74) is 0.955. The van der Waals surface area contributed by atoms with E-state index in [0.717, 1.165) is 12.0 Å². The van der Waals surface area contributed by atoms with Crippen molar-refractivity contribution in [3.8, 4) is 0 Å². The maximum absolute atomic E-state index is 12.0. The summed E-state index contributed by atoms with van der Waals surface area (Å²) in [6.45, 7) is 2.15. The molecule has 1 heterocycles. The number of nitrogens with zero attached hydrogens (tertiary/aromatic N) is 1. The van der Waals surface area contributed by atoms with Crippen molar-refractivity contribution in [3.05, 3.63) is 29.8 Å². The van der Waals surface area contributed by atoms with Gasteiger partial charge >= 0.3 is 6.09 Å². The van der Waals surface area contributed by atoms with Crippen molar-refractivity contribution in [2.45, 2.75) is 30.7 Å². The Bertz CT molecular complexity index is 581. The van der Waals surface area contributed by atoms with E-state index in [9.17, 15) is 13.2 Å². The lowest BCUT2D eigenvalue weighted by atomic mass is 10.2. The fourth-order valence-electron chi connectivity index (χ4n) is 2.20. The number of hydrogen-bond donors (Lipinski definition) is 1. The topological polar surface area (TPSA) is 83.9 Å². The Balaban J connectivity index is 2.02. The predicted molar refractivity (Wildman–Crippen MR) is 72.1 cm³/mol. The second kappa shape index (κ2) is 5.80. The van der Waals surface area contributed by atoms with E-state index in [1.54, 1.807) is 12.1 Å². The lowest BCUT2D eigenvalue weighted by Gasteiger charge is -2.20. The van der Waals surface area contributed by atoms with Crippen LogP contribution in [-0.4, -0.2) is 43.7 Å². The highest BCUT2D eigenvalue weighted by atomic mass is 32.2. The standard InChI is InChI=1S/C13H17NO5S/c1-10-4-6-12(7-5-10)20(17,18)19-9-11-3-2-8-14(11)13(15)16/h4-7,11H,2-3,8-9H2,1H3,(H,15,16)/t11-/m0/s1. The molecule has 0 unspecified atom stereocenters. The van der Waals surface area contributed by atoms with Gasteiger partial charge in [-0.15, -0.1) is 0 Å². The van der Waals surface area contributed by atoms with E-state index < -0.39 is 22.3 Å². The number of hydrogen-bond acceptors (Lipinski definition) is 4. The van der Waals surface area contributed by atoms with E-state index in [1.165, 1.54) is 17.0 Å². The Morgan fingerprint density at radius 3 is 2.65 bits per heavy atom. The summed E-state index contributed by atoms with van der Waals surface area (Å²) in [6, 6.07) is 5.94. The van der Waals surface area contributed by atoms with Gasteiger partial charge < -0.3 is 10.0 Å². The maximum Gasteiger partial charge on any atom is 0.407 e. The number of amides is 1. The molecule has 1 N–H and O–H groups in total. The van der Waals surface area contributed by atoms with Crippen molar-refractivity contribution in [1.29, 1.82) is 0 Å². The largest absolute Gasteiger partial charge is 0.465 e. The summed E-state index contributed by atoms with van der Waals surface area (Å²) >= 11 is 0. The quantitative estimate of drug-likeness (QED) is 0.858. The van der Waals surface area contributed by atoms with Crippen LogP contribution >= 0.6 is 0 Å². The molecule has 1 aromatic rings. The summed E-state index contributed by atoms with van der Waals surface area (Å²) in [5.74, 6) is 0. The molecule has 0 radical (unpaired) electrons. The van der Waals surface area contributed by atoms with E-state index >= 15 is 0 Å². The van der Waals surface area contributed by atoms with Crippen molar-refractivity contribution < 1.29 is 22.5 Å². The number of carboxylic acid groups (broad SMARTS) is 1. The Morgan fingerprint density at radius 1 is 1.40 bits per heavy atom. The van der Waals surface area contributed by atoms with Gasteiger partial charge in [-0.25, -0.2) is 4.79 Å². The van der Waals surface area contributed by atoms with Crippen LogP contribution in [0.4, 0.5) is 4.79 Å². The summed E-state index contributed by atoms with van der Waals surface area (Å²) in [7, 11) is -3.83. The molecule has 1 aliphatic rings. The second-order valence-corrected chi connectivity index (χ2v) is 6.44. The SMILES string of the molecule is Cc1ccc(S(=O)(=O)OC[C@@H]2CCCN2C(=O)O)cc1. The Morgan fingerprint density at radius 2 is 2.05 bits per heavy atom. The van der Waals surface area contributed by atoms with E-state index in [2.05, 4.69) is 0 Å². The molecule has 1 amide bonds. The van der Waals surface area contributed by atoms with Gasteiger partial charge in [0.2, 0.25) is 0 Å². The van der Waals surface area contributed by atoms with Crippen LogP contribution in [-0.2, 0) is 14.3 Å². The van der Waals surface area contributed by atoms with Crippen LogP contribution in [0.15, 0.2) is 29.2 Å². The van der Waals surface area contributed by atoms with Gasteiger partial charge in [-0.2, -0.15) is 8.42 Å². The predicted octanol–water partition coefficient (Wildman–Crippen LogP) is 1.84. The highest BCUT2D eigenvalue weighted by molar-refractivity contribution is 7.86. The third-order valence-electron chi connectivity index (χ3n) is 3.35. The highest BCUT2D eigenvalue weighted by Crippen LogP contribution is 2.20. The van der Waals surface area contributed by atoms with Crippen LogP contribution in [0.5, 0.6) is 0 Å². The fraction of sp³-hybridized carbons (Fsp3) is 0.462. The first-order valence-corrected chi connectivity index (χ1v) is 7.76. The molecule has 1 fully saturated rings. The lowest BCUT2D eigenvalue weighted by Crippen LogP contribution is -2.37. The van der Waals surface area contributed by atoms with Gasteiger partial charge in [0.1, 0.15) is 0 Å². The van der Waals surface area contributed by atoms with Crippen molar-refractivity contribution in [2.75, 3.05) is 13.2 Å². The first kappa shape index (κ1) is 14.8. The van der Waals surface area contributed by atoms with Crippen molar-refractivity contribution in [2.24, 2.45) is 0 Å². The Kier molecular flexibility index (Phi) is 4.29. The zero-order chi connectivity index (χ0) is 14.8. The monoisotopic (exact) mass is 299 g/mol. The maximum atomic E-state index is 12.0. The molecule has 110 valence electrons. The van der Waals surface area contributed by atoms with Gasteiger partial charge in [0.25, 0.3) is 10.1 Å². The first-order valence-electron chi connectivity index (χ1n) is 6.36. The third-order valence-corrected chi connectivity index (χ3v) is 4.64. The molecule has 1 atom stereocenters.